The second-order valence-electron chi connectivity index (χ2n) is 4.17. The predicted octanol–water partition coefficient (Wildman–Crippen LogP) is 3.80. The van der Waals surface area contributed by atoms with Crippen LogP contribution in [0, 0.1) is 11.6 Å². The average Bonchev–Trinajstić information content (AvgIpc) is 2.86. The fraction of sp³-hybridized carbons (Fsp3) is 0.214. The van der Waals surface area contributed by atoms with Gasteiger partial charge >= 0.3 is 0 Å². The van der Waals surface area contributed by atoms with Crippen LogP contribution in [-0.2, 0) is 4.74 Å². The van der Waals surface area contributed by atoms with Crippen LogP contribution in [0.25, 0.3) is 0 Å². The first-order valence-corrected chi connectivity index (χ1v) is 7.22. The largest absolute Gasteiger partial charge is 0.374 e. The zero-order chi connectivity index (χ0) is 15.4. The van der Waals surface area contributed by atoms with Gasteiger partial charge in [-0.2, -0.15) is 0 Å². The van der Waals surface area contributed by atoms with E-state index in [0.717, 1.165) is 17.0 Å². The summed E-state index contributed by atoms with van der Waals surface area (Å²) < 4.78 is 32.8. The third-order valence-electron chi connectivity index (χ3n) is 2.83. The zero-order valence-corrected chi connectivity index (χ0v) is 12.6. The molecule has 0 spiro atoms. The van der Waals surface area contributed by atoms with E-state index < -0.39 is 29.2 Å². The predicted molar refractivity (Wildman–Crippen MR) is 77.8 cm³/mol. The van der Waals surface area contributed by atoms with Gasteiger partial charge in [0, 0.05) is 18.5 Å². The molecule has 1 aromatic carbocycles. The van der Waals surface area contributed by atoms with Gasteiger partial charge in [-0.25, -0.2) is 8.78 Å². The summed E-state index contributed by atoms with van der Waals surface area (Å²) in [5.74, 6) is -2.63. The molecule has 1 N–H and O–H groups in total. The van der Waals surface area contributed by atoms with Gasteiger partial charge in [0.15, 0.2) is 0 Å². The van der Waals surface area contributed by atoms with Gasteiger partial charge in [-0.3, -0.25) is 4.79 Å². The molecule has 0 aliphatic rings. The van der Waals surface area contributed by atoms with Crippen LogP contribution in [0.2, 0.25) is 4.34 Å². The van der Waals surface area contributed by atoms with Crippen LogP contribution in [0.3, 0.4) is 0 Å². The molecule has 0 saturated heterocycles. The molecule has 3 nitrogen and oxygen atoms in total. The van der Waals surface area contributed by atoms with E-state index in [1.807, 2.05) is 0 Å². The van der Waals surface area contributed by atoms with E-state index in [4.69, 9.17) is 16.3 Å². The van der Waals surface area contributed by atoms with E-state index in [9.17, 15) is 13.6 Å². The molecule has 0 radical (unpaired) electrons. The third kappa shape index (κ3) is 3.78. The summed E-state index contributed by atoms with van der Waals surface area (Å²) >= 11 is 7.15. The van der Waals surface area contributed by atoms with Crippen LogP contribution in [-0.4, -0.2) is 19.6 Å². The molecule has 0 bridgehead atoms. The number of nitrogens with one attached hydrogen (secondary N) is 1. The minimum absolute atomic E-state index is 0.0833. The number of rotatable bonds is 5. The molecule has 0 aliphatic heterocycles. The fourth-order valence-corrected chi connectivity index (χ4v) is 2.93. The molecular formula is C14H12ClF2NO2S. The Balaban J connectivity index is 2.06. The summed E-state index contributed by atoms with van der Waals surface area (Å²) in [4.78, 5) is 12.7. The number of ether oxygens (including phenoxy) is 1. The fourth-order valence-electron chi connectivity index (χ4n) is 1.79. The number of thiophene rings is 1. The Morgan fingerprint density at radius 1 is 1.33 bits per heavy atom. The molecule has 1 aromatic heterocycles. The molecule has 21 heavy (non-hydrogen) atoms. The van der Waals surface area contributed by atoms with Gasteiger partial charge in [0.2, 0.25) is 0 Å². The Bertz CT molecular complexity index is 627. The lowest BCUT2D eigenvalue weighted by atomic mass is 10.2. The van der Waals surface area contributed by atoms with Crippen LogP contribution in [0.5, 0.6) is 0 Å². The van der Waals surface area contributed by atoms with Crippen molar-refractivity contribution in [2.24, 2.45) is 0 Å². The molecule has 0 saturated carbocycles. The smallest absolute Gasteiger partial charge is 0.257 e. The zero-order valence-electron chi connectivity index (χ0n) is 11.0. The first-order chi connectivity index (χ1) is 10.0. The highest BCUT2D eigenvalue weighted by molar-refractivity contribution is 7.16. The van der Waals surface area contributed by atoms with Gasteiger partial charge < -0.3 is 10.1 Å². The van der Waals surface area contributed by atoms with Crippen molar-refractivity contribution in [1.82, 2.24) is 5.32 Å². The molecule has 112 valence electrons. The maximum atomic E-state index is 13.5. The lowest BCUT2D eigenvalue weighted by Crippen LogP contribution is -2.30. The van der Waals surface area contributed by atoms with Gasteiger partial charge in [0.05, 0.1) is 4.34 Å². The molecule has 2 aromatic rings. The standard InChI is InChI=1S/C14H12ClF2NO2S/c1-20-10(11-5-6-12(15)21-11)7-18-14(19)13-8(16)3-2-4-9(13)17/h2-6,10H,7H2,1H3,(H,18,19)/t10-/m1/s1. The van der Waals surface area contributed by atoms with E-state index in [1.165, 1.54) is 24.5 Å². The van der Waals surface area contributed by atoms with Gasteiger partial charge in [0.1, 0.15) is 23.3 Å². The quantitative estimate of drug-likeness (QED) is 0.905. The normalized spacial score (nSPS) is 12.2. The van der Waals surface area contributed by atoms with Gasteiger partial charge in [-0.15, -0.1) is 11.3 Å². The SMILES string of the molecule is CO[C@H](CNC(=O)c1c(F)cccc1F)c1ccc(Cl)s1. The highest BCUT2D eigenvalue weighted by atomic mass is 35.5. The molecule has 7 heteroatoms. The summed E-state index contributed by atoms with van der Waals surface area (Å²) in [5.41, 5.74) is -0.600. The van der Waals surface area contributed by atoms with Crippen molar-refractivity contribution in [2.75, 3.05) is 13.7 Å². The molecule has 0 aliphatic carbocycles. The van der Waals surface area contributed by atoms with Crippen LogP contribution >= 0.6 is 22.9 Å². The topological polar surface area (TPSA) is 38.3 Å². The summed E-state index contributed by atoms with van der Waals surface area (Å²) in [6, 6.07) is 6.76. The average molecular weight is 332 g/mol. The Morgan fingerprint density at radius 3 is 2.52 bits per heavy atom. The maximum absolute atomic E-state index is 13.5. The number of benzene rings is 1. The van der Waals surface area contributed by atoms with Crippen LogP contribution in [0.1, 0.15) is 21.3 Å². The van der Waals surface area contributed by atoms with Crippen molar-refractivity contribution in [2.45, 2.75) is 6.10 Å². The number of carbonyl (C=O) groups is 1. The molecule has 1 heterocycles. The van der Waals surface area contributed by atoms with E-state index in [-0.39, 0.29) is 6.54 Å². The molecule has 2 rings (SSSR count). The second-order valence-corrected chi connectivity index (χ2v) is 5.92. The van der Waals surface area contributed by atoms with E-state index in [2.05, 4.69) is 5.32 Å². The number of halogens is 3. The monoisotopic (exact) mass is 331 g/mol. The minimum atomic E-state index is -0.902. The first kappa shape index (κ1) is 15.9. The number of hydrogen-bond donors (Lipinski definition) is 1. The van der Waals surface area contributed by atoms with Crippen molar-refractivity contribution in [3.63, 3.8) is 0 Å². The summed E-state index contributed by atoms with van der Waals surface area (Å²) in [5, 5.41) is 2.46. The first-order valence-electron chi connectivity index (χ1n) is 6.03. The van der Waals surface area contributed by atoms with Gasteiger partial charge in [-0.05, 0) is 24.3 Å². The third-order valence-corrected chi connectivity index (χ3v) is 4.16. The van der Waals surface area contributed by atoms with Crippen molar-refractivity contribution >= 4 is 28.8 Å². The van der Waals surface area contributed by atoms with Crippen LogP contribution < -0.4 is 5.32 Å². The lowest BCUT2D eigenvalue weighted by Gasteiger charge is -2.15. The van der Waals surface area contributed by atoms with Crippen molar-refractivity contribution in [1.29, 1.82) is 0 Å². The second kappa shape index (κ2) is 6.98. The molecule has 1 amide bonds. The summed E-state index contributed by atoms with van der Waals surface area (Å²) in [6.07, 6.45) is -0.429. The molecule has 1 atom stereocenters. The van der Waals surface area contributed by atoms with Crippen molar-refractivity contribution < 1.29 is 18.3 Å². The number of hydrogen-bond acceptors (Lipinski definition) is 3. The Hall–Kier alpha value is -1.50. The maximum Gasteiger partial charge on any atom is 0.257 e. The van der Waals surface area contributed by atoms with E-state index in [0.29, 0.717) is 4.34 Å². The minimum Gasteiger partial charge on any atom is -0.374 e. The molecule has 0 unspecified atom stereocenters. The number of carbonyl (C=O) groups excluding carboxylic acids is 1. The summed E-state index contributed by atoms with van der Waals surface area (Å²) in [6.45, 7) is 0.0833. The Labute approximate surface area is 129 Å². The van der Waals surface area contributed by atoms with Crippen molar-refractivity contribution in [3.8, 4) is 0 Å². The van der Waals surface area contributed by atoms with Crippen molar-refractivity contribution in [3.05, 3.63) is 56.7 Å². The molecular weight excluding hydrogens is 320 g/mol. The van der Waals surface area contributed by atoms with Gasteiger partial charge in [0.25, 0.3) is 5.91 Å². The summed E-state index contributed by atoms with van der Waals surface area (Å²) in [7, 11) is 1.48. The van der Waals surface area contributed by atoms with E-state index in [1.54, 1.807) is 12.1 Å². The van der Waals surface area contributed by atoms with Crippen LogP contribution in [0.4, 0.5) is 8.78 Å². The Kier molecular flexibility index (Phi) is 5.27. The highest BCUT2D eigenvalue weighted by Crippen LogP contribution is 2.28. The number of amides is 1. The lowest BCUT2D eigenvalue weighted by molar-refractivity contribution is 0.0831. The van der Waals surface area contributed by atoms with Gasteiger partial charge in [-0.1, -0.05) is 17.7 Å². The Morgan fingerprint density at radius 2 is 2.00 bits per heavy atom. The van der Waals surface area contributed by atoms with Crippen LogP contribution in [0.15, 0.2) is 30.3 Å². The van der Waals surface area contributed by atoms with E-state index >= 15 is 0 Å². The highest BCUT2D eigenvalue weighted by Gasteiger charge is 2.19. The molecule has 0 fully saturated rings. The number of methoxy groups -OCH3 is 1.